The highest BCUT2D eigenvalue weighted by Crippen LogP contribution is 2.14. The van der Waals surface area contributed by atoms with Gasteiger partial charge in [-0.2, -0.15) is 9.19 Å². The van der Waals surface area contributed by atoms with Crippen LogP contribution in [0.2, 0.25) is 0 Å². The molecule has 0 aliphatic carbocycles. The van der Waals surface area contributed by atoms with Crippen molar-refractivity contribution in [1.82, 2.24) is 9.19 Å². The maximum absolute atomic E-state index is 11.6. The molecule has 0 aliphatic rings. The monoisotopic (exact) mass is 210 g/mol. The van der Waals surface area contributed by atoms with E-state index in [-0.39, 0.29) is 5.75 Å². The van der Waals surface area contributed by atoms with Gasteiger partial charge >= 0.3 is 0 Å². The number of nitrogens with zero attached hydrogens (tertiary/aromatic N) is 2. The van der Waals surface area contributed by atoms with Gasteiger partial charge in [-0.1, -0.05) is 18.2 Å². The molecular formula is C9H10N2O2S. The molecule has 0 N–H and O–H groups in total. The molecule has 0 saturated carbocycles. The second-order valence-electron chi connectivity index (χ2n) is 2.95. The fourth-order valence-electron chi connectivity index (χ4n) is 1.29. The predicted octanol–water partition coefficient (Wildman–Crippen LogP) is 1.23. The van der Waals surface area contributed by atoms with Crippen molar-refractivity contribution in [3.63, 3.8) is 0 Å². The molecule has 0 atom stereocenters. The normalized spacial score (nSPS) is 12.1. The molecule has 1 heterocycles. The molecule has 4 nitrogen and oxygen atoms in total. The lowest BCUT2D eigenvalue weighted by Crippen LogP contribution is -2.15. The Morgan fingerprint density at radius 3 is 2.79 bits per heavy atom. The average Bonchev–Trinajstić information content (AvgIpc) is 2.61. The second kappa shape index (κ2) is 3.09. The first-order valence-electron chi connectivity index (χ1n) is 4.31. The van der Waals surface area contributed by atoms with E-state index in [9.17, 15) is 8.42 Å². The summed E-state index contributed by atoms with van der Waals surface area (Å²) in [5.41, 5.74) is 0.634. The lowest BCUT2D eigenvalue weighted by atomic mass is 10.3. The second-order valence-corrected chi connectivity index (χ2v) is 5.03. The summed E-state index contributed by atoms with van der Waals surface area (Å²) in [5.74, 6) is 0.0542. The summed E-state index contributed by atoms with van der Waals surface area (Å²) in [6.07, 6.45) is 1.56. The van der Waals surface area contributed by atoms with Crippen molar-refractivity contribution in [1.29, 1.82) is 0 Å². The Morgan fingerprint density at radius 1 is 1.36 bits per heavy atom. The zero-order chi connectivity index (χ0) is 10.2. The van der Waals surface area contributed by atoms with Gasteiger partial charge in [0.15, 0.2) is 0 Å². The largest absolute Gasteiger partial charge is 0.254 e. The van der Waals surface area contributed by atoms with E-state index in [1.165, 1.54) is 0 Å². The Labute approximate surface area is 82.2 Å². The van der Waals surface area contributed by atoms with Crippen molar-refractivity contribution in [3.8, 4) is 0 Å². The van der Waals surface area contributed by atoms with E-state index < -0.39 is 10.0 Å². The Morgan fingerprint density at radius 2 is 2.07 bits per heavy atom. The molecule has 0 aliphatic heterocycles. The summed E-state index contributed by atoms with van der Waals surface area (Å²) in [4.78, 5) is 0. The standard InChI is InChI=1S/C9H10N2O2S/c1-2-14(12,13)11-9-6-4-3-5-8(9)7-10-11/h3-7H,2H2,1H3. The Balaban J connectivity index is 2.77. The summed E-state index contributed by atoms with van der Waals surface area (Å²) in [6.45, 7) is 1.60. The number of hydrogen-bond acceptors (Lipinski definition) is 3. The zero-order valence-corrected chi connectivity index (χ0v) is 8.53. The fourth-order valence-corrected chi connectivity index (χ4v) is 2.19. The van der Waals surface area contributed by atoms with Gasteiger partial charge in [-0.05, 0) is 13.0 Å². The minimum absolute atomic E-state index is 0.0542. The average molecular weight is 210 g/mol. The highest BCUT2D eigenvalue weighted by atomic mass is 32.2. The zero-order valence-electron chi connectivity index (χ0n) is 7.71. The van der Waals surface area contributed by atoms with Crippen LogP contribution in [0.15, 0.2) is 30.5 Å². The molecule has 5 heteroatoms. The minimum atomic E-state index is -3.28. The summed E-state index contributed by atoms with van der Waals surface area (Å²) in [7, 11) is -3.28. The Hall–Kier alpha value is -1.36. The van der Waals surface area contributed by atoms with Crippen LogP contribution in [0.4, 0.5) is 0 Å². The molecule has 0 amide bonds. The first-order valence-corrected chi connectivity index (χ1v) is 5.92. The van der Waals surface area contributed by atoms with E-state index in [2.05, 4.69) is 5.10 Å². The molecule has 1 aromatic carbocycles. The maximum atomic E-state index is 11.6. The summed E-state index contributed by atoms with van der Waals surface area (Å²) in [5, 5.41) is 4.70. The predicted molar refractivity (Wildman–Crippen MR) is 54.6 cm³/mol. The molecule has 14 heavy (non-hydrogen) atoms. The van der Waals surface area contributed by atoms with Crippen molar-refractivity contribution in [2.24, 2.45) is 0 Å². The molecule has 2 aromatic rings. The van der Waals surface area contributed by atoms with Crippen LogP contribution in [0.25, 0.3) is 10.9 Å². The smallest absolute Gasteiger partial charge is 0.205 e. The SMILES string of the molecule is CCS(=O)(=O)n1ncc2ccccc21. The fraction of sp³-hybridized carbons (Fsp3) is 0.222. The first kappa shape index (κ1) is 9.21. The molecule has 0 bridgehead atoms. The van der Waals surface area contributed by atoms with Crippen molar-refractivity contribution >= 4 is 20.9 Å². The molecule has 1 aromatic heterocycles. The topological polar surface area (TPSA) is 52.0 Å². The number of para-hydroxylation sites is 1. The third-order valence-electron chi connectivity index (χ3n) is 2.07. The lowest BCUT2D eigenvalue weighted by molar-refractivity contribution is 0.583. The third-order valence-corrected chi connectivity index (χ3v) is 3.62. The molecule has 74 valence electrons. The summed E-state index contributed by atoms with van der Waals surface area (Å²) >= 11 is 0. The quantitative estimate of drug-likeness (QED) is 0.749. The van der Waals surface area contributed by atoms with Gasteiger partial charge in [0.05, 0.1) is 17.5 Å². The van der Waals surface area contributed by atoms with Crippen molar-refractivity contribution in [2.75, 3.05) is 5.75 Å². The summed E-state index contributed by atoms with van der Waals surface area (Å²) in [6, 6.07) is 7.23. The molecule has 0 saturated heterocycles. The molecule has 2 rings (SSSR count). The minimum Gasteiger partial charge on any atom is -0.205 e. The van der Waals surface area contributed by atoms with E-state index in [0.29, 0.717) is 5.52 Å². The number of rotatable bonds is 2. The maximum Gasteiger partial charge on any atom is 0.254 e. The van der Waals surface area contributed by atoms with Gasteiger partial charge in [0, 0.05) is 5.39 Å². The van der Waals surface area contributed by atoms with E-state index in [1.807, 2.05) is 12.1 Å². The van der Waals surface area contributed by atoms with Crippen LogP contribution in [0, 0.1) is 0 Å². The van der Waals surface area contributed by atoms with Gasteiger partial charge in [-0.3, -0.25) is 0 Å². The van der Waals surface area contributed by atoms with Gasteiger partial charge < -0.3 is 0 Å². The van der Waals surface area contributed by atoms with Gasteiger partial charge in [-0.15, -0.1) is 0 Å². The van der Waals surface area contributed by atoms with Crippen LogP contribution in [-0.2, 0) is 10.0 Å². The number of hydrogen-bond donors (Lipinski definition) is 0. The third kappa shape index (κ3) is 1.29. The van der Waals surface area contributed by atoms with Gasteiger partial charge in [0.1, 0.15) is 0 Å². The molecular weight excluding hydrogens is 200 g/mol. The summed E-state index contributed by atoms with van der Waals surface area (Å²) < 4.78 is 24.2. The molecule has 0 fully saturated rings. The van der Waals surface area contributed by atoms with E-state index >= 15 is 0 Å². The van der Waals surface area contributed by atoms with Gasteiger partial charge in [0.25, 0.3) is 10.0 Å². The van der Waals surface area contributed by atoms with E-state index in [4.69, 9.17) is 0 Å². The van der Waals surface area contributed by atoms with Crippen molar-refractivity contribution in [2.45, 2.75) is 6.92 Å². The van der Waals surface area contributed by atoms with Crippen molar-refractivity contribution < 1.29 is 8.42 Å². The van der Waals surface area contributed by atoms with Gasteiger partial charge in [0.2, 0.25) is 0 Å². The van der Waals surface area contributed by atoms with E-state index in [0.717, 1.165) is 9.47 Å². The lowest BCUT2D eigenvalue weighted by Gasteiger charge is -2.01. The van der Waals surface area contributed by atoms with Crippen molar-refractivity contribution in [3.05, 3.63) is 30.5 Å². The van der Waals surface area contributed by atoms with Gasteiger partial charge in [-0.25, -0.2) is 8.42 Å². The van der Waals surface area contributed by atoms with Crippen LogP contribution in [-0.4, -0.2) is 23.4 Å². The number of benzene rings is 1. The van der Waals surface area contributed by atoms with Crippen LogP contribution < -0.4 is 0 Å². The highest BCUT2D eigenvalue weighted by molar-refractivity contribution is 7.89. The Bertz CT molecular complexity index is 557. The Kier molecular flexibility index (Phi) is 2.03. The highest BCUT2D eigenvalue weighted by Gasteiger charge is 2.13. The van der Waals surface area contributed by atoms with Crippen LogP contribution in [0.5, 0.6) is 0 Å². The first-order chi connectivity index (χ1) is 6.65. The molecule has 0 spiro atoms. The van der Waals surface area contributed by atoms with Crippen LogP contribution in [0.1, 0.15) is 6.92 Å². The van der Waals surface area contributed by atoms with E-state index in [1.54, 1.807) is 25.3 Å². The molecule has 0 radical (unpaired) electrons. The number of aromatic nitrogens is 2. The number of fused-ring (bicyclic) bond motifs is 1. The molecule has 0 unspecified atom stereocenters. The van der Waals surface area contributed by atoms with Crippen LogP contribution >= 0.6 is 0 Å². The van der Waals surface area contributed by atoms with Crippen LogP contribution in [0.3, 0.4) is 0 Å².